The molecule has 0 aliphatic carbocycles. The highest BCUT2D eigenvalue weighted by molar-refractivity contribution is 6.16. The lowest BCUT2D eigenvalue weighted by molar-refractivity contribution is -0.0861. The molecule has 11 heteroatoms. The topological polar surface area (TPSA) is 138 Å². The first-order chi connectivity index (χ1) is 11.3. The average Bonchev–Trinajstić information content (AvgIpc) is 2.98. The van der Waals surface area contributed by atoms with Crippen molar-refractivity contribution in [2.75, 3.05) is 5.73 Å². The third kappa shape index (κ3) is 2.58. The maximum absolute atomic E-state index is 13.2. The molecule has 0 saturated heterocycles. The molecular weight excluding hydrogens is 327 g/mol. The van der Waals surface area contributed by atoms with Crippen molar-refractivity contribution in [3.8, 4) is 6.07 Å². The van der Waals surface area contributed by atoms with E-state index in [2.05, 4.69) is 24.9 Å². The van der Waals surface area contributed by atoms with Crippen LogP contribution in [0.4, 0.5) is 18.9 Å². The highest BCUT2D eigenvalue weighted by Gasteiger charge is 2.37. The van der Waals surface area contributed by atoms with Gasteiger partial charge in [0.2, 0.25) is 5.65 Å². The number of nitrogens with zero attached hydrogens (tertiary/aromatic N) is 5. The molecule has 3 heterocycles. The summed E-state index contributed by atoms with van der Waals surface area (Å²) in [6.07, 6.45) is -4.44. The molecule has 3 rings (SSSR count). The molecule has 2 aromatic heterocycles. The van der Waals surface area contributed by atoms with Crippen LogP contribution in [-0.2, 0) is 12.8 Å². The Labute approximate surface area is 132 Å². The number of rotatable bonds is 0. The number of fused-ring (bicyclic) bond motifs is 2. The number of nitrogens with one attached hydrogen (secondary N) is 1. The number of hydrogen-bond acceptors (Lipinski definition) is 7. The van der Waals surface area contributed by atoms with Crippen molar-refractivity contribution in [3.63, 3.8) is 0 Å². The van der Waals surface area contributed by atoms with Crippen LogP contribution in [0.25, 0.3) is 11.2 Å². The number of nitrogens with two attached hydrogens (primary N) is 1. The van der Waals surface area contributed by atoms with Crippen molar-refractivity contribution in [1.29, 1.82) is 10.7 Å². The number of alkyl halides is 3. The van der Waals surface area contributed by atoms with Gasteiger partial charge in [0.1, 0.15) is 11.9 Å². The molecule has 3 N–H and O–H groups in total. The van der Waals surface area contributed by atoms with Crippen LogP contribution in [0.5, 0.6) is 0 Å². The second-order valence-electron chi connectivity index (χ2n) is 4.90. The number of aromatic nitrogens is 3. The molecule has 0 amide bonds. The number of nitriles is 1. The van der Waals surface area contributed by atoms with Crippen LogP contribution in [0.2, 0.25) is 0 Å². The van der Waals surface area contributed by atoms with E-state index < -0.39 is 23.3 Å². The number of aliphatic imine (C=N–C) groups is 1. The van der Waals surface area contributed by atoms with E-state index in [1.165, 1.54) is 6.07 Å². The van der Waals surface area contributed by atoms with E-state index in [-0.39, 0.29) is 35.4 Å². The summed E-state index contributed by atoms with van der Waals surface area (Å²) in [5.41, 5.74) is 4.68. The van der Waals surface area contributed by atoms with Crippen molar-refractivity contribution in [3.05, 3.63) is 22.9 Å². The van der Waals surface area contributed by atoms with Gasteiger partial charge in [-0.1, -0.05) is 6.08 Å². The van der Waals surface area contributed by atoms with Crippen molar-refractivity contribution >= 4 is 28.4 Å². The Balaban J connectivity index is 2.24. The highest BCUT2D eigenvalue weighted by atomic mass is 19.4. The molecule has 122 valence electrons. The fourth-order valence-corrected chi connectivity index (χ4v) is 2.32. The van der Waals surface area contributed by atoms with Gasteiger partial charge in [0.05, 0.1) is 17.0 Å². The molecule has 8 nitrogen and oxygen atoms in total. The number of hydrogen-bond donors (Lipinski definition) is 2. The molecule has 0 fully saturated rings. The summed E-state index contributed by atoms with van der Waals surface area (Å²) >= 11 is 0. The lowest BCUT2D eigenvalue weighted by atomic mass is 10.0. The number of anilines is 1. The number of pyridine rings is 1. The van der Waals surface area contributed by atoms with Gasteiger partial charge in [-0.3, -0.25) is 5.41 Å². The maximum atomic E-state index is 13.2. The summed E-state index contributed by atoms with van der Waals surface area (Å²) in [5.74, 6) is -0.450. The second kappa shape index (κ2) is 5.41. The van der Waals surface area contributed by atoms with Gasteiger partial charge in [-0.05, 0) is 10.3 Å². The predicted molar refractivity (Wildman–Crippen MR) is 76.3 cm³/mol. The SMILES string of the molecule is N#CC1=NC(=N)Cc2c(nc3nonc3c2N)CC=C1C(F)(F)F. The molecule has 0 unspecified atom stereocenters. The minimum atomic E-state index is -4.79. The summed E-state index contributed by atoms with van der Waals surface area (Å²) in [6.45, 7) is 0. The van der Waals surface area contributed by atoms with Crippen LogP contribution >= 0.6 is 0 Å². The molecule has 0 bridgehead atoms. The van der Waals surface area contributed by atoms with Crippen molar-refractivity contribution in [2.45, 2.75) is 19.0 Å². The number of amidine groups is 1. The Morgan fingerprint density at radius 1 is 1.33 bits per heavy atom. The smallest absolute Gasteiger partial charge is 0.396 e. The first kappa shape index (κ1) is 15.6. The van der Waals surface area contributed by atoms with Crippen LogP contribution in [-0.4, -0.2) is 33.0 Å². The Kier molecular flexibility index (Phi) is 3.52. The molecule has 1 aliphatic rings. The maximum Gasteiger partial charge on any atom is 0.418 e. The van der Waals surface area contributed by atoms with E-state index in [4.69, 9.17) is 16.4 Å². The summed E-state index contributed by atoms with van der Waals surface area (Å²) in [5, 5.41) is 23.8. The fraction of sp³-hybridized carbons (Fsp3) is 0.231. The van der Waals surface area contributed by atoms with Crippen LogP contribution in [0.1, 0.15) is 11.3 Å². The monoisotopic (exact) mass is 335 g/mol. The molecule has 1 aliphatic heterocycles. The zero-order valence-electron chi connectivity index (χ0n) is 11.8. The van der Waals surface area contributed by atoms with E-state index >= 15 is 0 Å². The van der Waals surface area contributed by atoms with Gasteiger partial charge in [0.15, 0.2) is 11.2 Å². The number of allylic oxidation sites excluding steroid dienone is 2. The standard InChI is InChI=1S/C13H8F3N7O/c14-13(15,16)6-1-2-7-5(3-9(18)20-8(6)4-17)10(19)11-12(21-7)23-24-22-11/h1,18H,2-3,19H2. The lowest BCUT2D eigenvalue weighted by Crippen LogP contribution is -2.20. The summed E-state index contributed by atoms with van der Waals surface area (Å²) in [6, 6.07) is 1.39. The summed E-state index contributed by atoms with van der Waals surface area (Å²) in [7, 11) is 0. The van der Waals surface area contributed by atoms with Crippen molar-refractivity contribution < 1.29 is 17.8 Å². The molecule has 0 radical (unpaired) electrons. The van der Waals surface area contributed by atoms with Gasteiger partial charge in [-0.15, -0.1) is 0 Å². The average molecular weight is 335 g/mol. The number of nitrogen functional groups attached to an aromatic ring is 1. The molecule has 24 heavy (non-hydrogen) atoms. The van der Waals surface area contributed by atoms with E-state index in [0.29, 0.717) is 5.56 Å². The third-order valence-electron chi connectivity index (χ3n) is 3.40. The second-order valence-corrected chi connectivity index (χ2v) is 4.90. The zero-order valence-corrected chi connectivity index (χ0v) is 11.8. The zero-order chi connectivity index (χ0) is 17.5. The molecular formula is C13H8F3N7O. The molecule has 0 atom stereocenters. The summed E-state index contributed by atoms with van der Waals surface area (Å²) < 4.78 is 44.0. The molecule has 0 saturated carbocycles. The van der Waals surface area contributed by atoms with Gasteiger partial charge in [0, 0.05) is 18.4 Å². The Hall–Kier alpha value is -3.29. The van der Waals surface area contributed by atoms with E-state index in [1.54, 1.807) is 0 Å². The molecule has 2 aromatic rings. The first-order valence-electron chi connectivity index (χ1n) is 6.54. The lowest BCUT2D eigenvalue weighted by Gasteiger charge is -2.09. The minimum Gasteiger partial charge on any atom is -0.396 e. The Morgan fingerprint density at radius 3 is 2.75 bits per heavy atom. The Morgan fingerprint density at radius 2 is 2.08 bits per heavy atom. The van der Waals surface area contributed by atoms with Gasteiger partial charge < -0.3 is 5.73 Å². The van der Waals surface area contributed by atoms with Crippen LogP contribution < -0.4 is 5.73 Å². The normalized spacial score (nSPS) is 15.7. The van der Waals surface area contributed by atoms with E-state index in [0.717, 1.165) is 6.08 Å². The third-order valence-corrected chi connectivity index (χ3v) is 3.40. The van der Waals surface area contributed by atoms with Gasteiger partial charge >= 0.3 is 6.18 Å². The predicted octanol–water partition coefficient (Wildman–Crippen LogP) is 1.73. The van der Waals surface area contributed by atoms with Crippen LogP contribution in [0, 0.1) is 16.7 Å². The summed E-state index contributed by atoms with van der Waals surface area (Å²) in [4.78, 5) is 7.57. The first-order valence-corrected chi connectivity index (χ1v) is 6.54. The molecule has 0 aromatic carbocycles. The van der Waals surface area contributed by atoms with Crippen molar-refractivity contribution in [1.82, 2.24) is 15.3 Å². The Bertz CT molecular complexity index is 949. The van der Waals surface area contributed by atoms with Crippen molar-refractivity contribution in [2.24, 2.45) is 4.99 Å². The van der Waals surface area contributed by atoms with Crippen LogP contribution in [0.15, 0.2) is 21.3 Å². The minimum absolute atomic E-state index is 0.0559. The van der Waals surface area contributed by atoms with Crippen LogP contribution in [0.3, 0.4) is 0 Å². The quantitative estimate of drug-likeness (QED) is 0.752. The van der Waals surface area contributed by atoms with Gasteiger partial charge in [-0.2, -0.15) is 18.4 Å². The molecule has 0 spiro atoms. The van der Waals surface area contributed by atoms with Gasteiger partial charge in [0.25, 0.3) is 0 Å². The number of halogens is 3. The van der Waals surface area contributed by atoms with E-state index in [9.17, 15) is 13.2 Å². The van der Waals surface area contributed by atoms with E-state index in [1.807, 2.05) is 0 Å². The van der Waals surface area contributed by atoms with Gasteiger partial charge in [-0.25, -0.2) is 14.6 Å². The largest absolute Gasteiger partial charge is 0.418 e. The fourth-order valence-electron chi connectivity index (χ4n) is 2.32. The highest BCUT2D eigenvalue weighted by Crippen LogP contribution is 2.30.